The number of aliphatic hydroxyl groups excluding tert-OH is 1. The molecule has 0 saturated carbocycles. The van der Waals surface area contributed by atoms with Crippen LogP contribution in [0, 0.1) is 12.8 Å². The molecule has 0 aromatic heterocycles. The Balaban J connectivity index is 2.05. The normalized spacial score (nSPS) is 17.8. The number of hydrogen-bond acceptors (Lipinski definition) is 5. The van der Waals surface area contributed by atoms with Gasteiger partial charge in [0.2, 0.25) is 0 Å². The highest BCUT2D eigenvalue weighted by Crippen LogP contribution is 2.40. The Morgan fingerprint density at radius 2 is 1.91 bits per heavy atom. The number of carbonyl (C=O) groups is 2. The van der Waals surface area contributed by atoms with E-state index in [4.69, 9.17) is 4.74 Å². The Kier molecular flexibility index (Phi) is 8.55. The van der Waals surface area contributed by atoms with E-state index in [-0.39, 0.29) is 11.3 Å². The largest absolute Gasteiger partial charge is 0.507 e. The summed E-state index contributed by atoms with van der Waals surface area (Å²) in [5.41, 5.74) is 2.18. The molecule has 7 heteroatoms. The monoisotopic (exact) mass is 528 g/mol. The van der Waals surface area contributed by atoms with E-state index in [2.05, 4.69) is 29.8 Å². The summed E-state index contributed by atoms with van der Waals surface area (Å²) in [5.74, 6) is -0.310. The summed E-state index contributed by atoms with van der Waals surface area (Å²) < 4.78 is 6.63. The second kappa shape index (κ2) is 11.2. The predicted octanol–water partition coefficient (Wildman–Crippen LogP) is 5.17. The Hall–Kier alpha value is -2.64. The minimum atomic E-state index is -0.660. The molecule has 34 heavy (non-hydrogen) atoms. The first-order valence-electron chi connectivity index (χ1n) is 11.5. The molecular weight excluding hydrogens is 496 g/mol. The van der Waals surface area contributed by atoms with Gasteiger partial charge in [-0.15, -0.1) is 0 Å². The lowest BCUT2D eigenvalue weighted by Crippen LogP contribution is -2.32. The SMILES string of the molecule is Cc1cc(OCC(C)C)ccc1/C(O)=C1\C(=O)C(=O)N(CCCN(C)C)[C@H]1c1cccc(Br)c1. The number of benzene rings is 2. The lowest BCUT2D eigenvalue weighted by atomic mass is 9.94. The van der Waals surface area contributed by atoms with Crippen LogP contribution in [0.2, 0.25) is 0 Å². The zero-order valence-corrected chi connectivity index (χ0v) is 22.1. The summed E-state index contributed by atoms with van der Waals surface area (Å²) in [5, 5.41) is 11.3. The van der Waals surface area contributed by atoms with E-state index in [1.54, 1.807) is 17.0 Å². The van der Waals surface area contributed by atoms with E-state index in [9.17, 15) is 14.7 Å². The molecule has 1 atom stereocenters. The smallest absolute Gasteiger partial charge is 0.295 e. The minimum Gasteiger partial charge on any atom is -0.507 e. The number of aryl methyl sites for hydroxylation is 1. The number of ketones is 1. The number of amides is 1. The van der Waals surface area contributed by atoms with Crippen LogP contribution in [0.4, 0.5) is 0 Å². The number of nitrogens with zero attached hydrogens (tertiary/aromatic N) is 2. The van der Waals surface area contributed by atoms with Crippen molar-refractivity contribution in [3.05, 3.63) is 69.2 Å². The van der Waals surface area contributed by atoms with Crippen LogP contribution in [0.3, 0.4) is 0 Å². The fraction of sp³-hybridized carbons (Fsp3) is 0.407. The number of ether oxygens (including phenoxy) is 1. The summed E-state index contributed by atoms with van der Waals surface area (Å²) in [6.45, 7) is 7.80. The van der Waals surface area contributed by atoms with Gasteiger partial charge in [0.05, 0.1) is 18.2 Å². The summed E-state index contributed by atoms with van der Waals surface area (Å²) >= 11 is 3.49. The third-order valence-electron chi connectivity index (χ3n) is 5.75. The maximum Gasteiger partial charge on any atom is 0.295 e. The molecule has 1 aliphatic heterocycles. The fourth-order valence-electron chi connectivity index (χ4n) is 4.09. The van der Waals surface area contributed by atoms with Crippen molar-refractivity contribution in [2.45, 2.75) is 33.2 Å². The van der Waals surface area contributed by atoms with Gasteiger partial charge in [-0.3, -0.25) is 9.59 Å². The van der Waals surface area contributed by atoms with Crippen molar-refractivity contribution in [2.75, 3.05) is 33.8 Å². The number of aliphatic hydroxyl groups is 1. The summed E-state index contributed by atoms with van der Waals surface area (Å²) in [6.07, 6.45) is 0.714. The summed E-state index contributed by atoms with van der Waals surface area (Å²) in [6, 6.07) is 12.2. The van der Waals surface area contributed by atoms with Crippen LogP contribution in [0.5, 0.6) is 5.75 Å². The zero-order chi connectivity index (χ0) is 25.0. The quantitative estimate of drug-likeness (QED) is 0.276. The molecule has 6 nitrogen and oxygen atoms in total. The lowest BCUT2D eigenvalue weighted by molar-refractivity contribution is -0.139. The van der Waals surface area contributed by atoms with Gasteiger partial charge in [-0.1, -0.05) is 41.9 Å². The average Bonchev–Trinajstić information content (AvgIpc) is 3.02. The number of rotatable bonds is 9. The molecule has 0 radical (unpaired) electrons. The average molecular weight is 529 g/mol. The first-order valence-corrected chi connectivity index (χ1v) is 12.3. The molecule has 1 fully saturated rings. The Morgan fingerprint density at radius 1 is 1.18 bits per heavy atom. The number of Topliss-reactive ketones (excluding diaryl/α,β-unsaturated/α-hetero) is 1. The van der Waals surface area contributed by atoms with Crippen LogP contribution in [0.15, 0.2) is 52.5 Å². The van der Waals surface area contributed by atoms with E-state index in [1.165, 1.54) is 0 Å². The Labute approximate surface area is 210 Å². The van der Waals surface area contributed by atoms with Crippen LogP contribution in [-0.2, 0) is 9.59 Å². The number of carbonyl (C=O) groups excluding carboxylic acids is 2. The van der Waals surface area contributed by atoms with E-state index in [0.717, 1.165) is 22.1 Å². The van der Waals surface area contributed by atoms with Crippen molar-refractivity contribution in [2.24, 2.45) is 5.92 Å². The van der Waals surface area contributed by atoms with E-state index >= 15 is 0 Å². The highest BCUT2D eigenvalue weighted by Gasteiger charge is 2.46. The second-order valence-corrected chi connectivity index (χ2v) is 10.3. The number of hydrogen-bond donors (Lipinski definition) is 1. The van der Waals surface area contributed by atoms with Gasteiger partial charge in [0.25, 0.3) is 11.7 Å². The highest BCUT2D eigenvalue weighted by molar-refractivity contribution is 9.10. The molecule has 2 aromatic rings. The number of likely N-dealkylation sites (tertiary alicyclic amines) is 1. The first kappa shape index (κ1) is 26.0. The van der Waals surface area contributed by atoms with E-state index in [0.29, 0.717) is 36.8 Å². The van der Waals surface area contributed by atoms with Crippen molar-refractivity contribution in [1.82, 2.24) is 9.80 Å². The minimum absolute atomic E-state index is 0.118. The summed E-state index contributed by atoms with van der Waals surface area (Å²) in [4.78, 5) is 29.9. The second-order valence-electron chi connectivity index (χ2n) is 9.39. The maximum absolute atomic E-state index is 13.2. The van der Waals surface area contributed by atoms with Gasteiger partial charge in [-0.25, -0.2) is 0 Å². The van der Waals surface area contributed by atoms with E-state index in [1.807, 2.05) is 56.3 Å². The maximum atomic E-state index is 13.2. The van der Waals surface area contributed by atoms with Crippen LogP contribution < -0.4 is 4.74 Å². The molecule has 1 heterocycles. The molecule has 3 rings (SSSR count). The van der Waals surface area contributed by atoms with Gasteiger partial charge < -0.3 is 19.6 Å². The molecule has 182 valence electrons. The highest BCUT2D eigenvalue weighted by atomic mass is 79.9. The molecule has 1 amide bonds. The molecular formula is C27H33BrN2O4. The topological polar surface area (TPSA) is 70.1 Å². The Morgan fingerprint density at radius 3 is 2.53 bits per heavy atom. The Bertz CT molecular complexity index is 1090. The van der Waals surface area contributed by atoms with Gasteiger partial charge in [0, 0.05) is 16.6 Å². The lowest BCUT2D eigenvalue weighted by Gasteiger charge is -2.26. The molecule has 1 N–H and O–H groups in total. The first-order chi connectivity index (χ1) is 16.1. The van der Waals surface area contributed by atoms with Crippen LogP contribution in [-0.4, -0.2) is 60.4 Å². The molecule has 1 aliphatic rings. The summed E-state index contributed by atoms with van der Waals surface area (Å²) in [7, 11) is 3.94. The molecule has 1 saturated heterocycles. The molecule has 0 bridgehead atoms. The standard InChI is InChI=1S/C27H33BrN2O4/c1-17(2)16-34-21-10-11-22(18(3)14-21)25(31)23-24(19-8-6-9-20(28)15-19)30(27(33)26(23)32)13-7-12-29(4)5/h6,8-11,14-15,17,24,31H,7,12-13,16H2,1-5H3/b25-23+/t24-/m0/s1. The van der Waals surface area contributed by atoms with Gasteiger partial charge in [0.15, 0.2) is 0 Å². The van der Waals surface area contributed by atoms with Crippen LogP contribution >= 0.6 is 15.9 Å². The van der Waals surface area contributed by atoms with Crippen LogP contribution in [0.1, 0.15) is 43.0 Å². The van der Waals surface area contributed by atoms with Crippen LogP contribution in [0.25, 0.3) is 5.76 Å². The molecule has 0 aliphatic carbocycles. The molecule has 2 aromatic carbocycles. The predicted molar refractivity (Wildman–Crippen MR) is 138 cm³/mol. The molecule has 0 unspecified atom stereocenters. The van der Waals surface area contributed by atoms with Crippen molar-refractivity contribution in [3.8, 4) is 5.75 Å². The van der Waals surface area contributed by atoms with Crippen molar-refractivity contribution in [1.29, 1.82) is 0 Å². The molecule has 0 spiro atoms. The van der Waals surface area contributed by atoms with Crippen molar-refractivity contribution >= 4 is 33.4 Å². The fourth-order valence-corrected chi connectivity index (χ4v) is 4.51. The third kappa shape index (κ3) is 5.88. The van der Waals surface area contributed by atoms with Gasteiger partial charge in [-0.05, 0) is 81.4 Å². The van der Waals surface area contributed by atoms with Gasteiger partial charge >= 0.3 is 0 Å². The van der Waals surface area contributed by atoms with Crippen molar-refractivity contribution < 1.29 is 19.4 Å². The third-order valence-corrected chi connectivity index (χ3v) is 6.24. The number of halogens is 1. The van der Waals surface area contributed by atoms with Gasteiger partial charge in [-0.2, -0.15) is 0 Å². The zero-order valence-electron chi connectivity index (χ0n) is 20.5. The van der Waals surface area contributed by atoms with E-state index < -0.39 is 17.7 Å². The van der Waals surface area contributed by atoms with Crippen molar-refractivity contribution in [3.63, 3.8) is 0 Å². The van der Waals surface area contributed by atoms with Gasteiger partial charge in [0.1, 0.15) is 11.5 Å².